The average Bonchev–Trinajstić information content (AvgIpc) is 2.89. The zero-order valence-corrected chi connectivity index (χ0v) is 13.6. The molecule has 1 aromatic carbocycles. The lowest BCUT2D eigenvalue weighted by atomic mass is 10.0. The number of carbonyl (C=O) groups excluding carboxylic acids is 1. The molecule has 0 aliphatic heterocycles. The van der Waals surface area contributed by atoms with Crippen molar-refractivity contribution in [1.29, 1.82) is 0 Å². The van der Waals surface area contributed by atoms with Gasteiger partial charge in [-0.2, -0.15) is 11.8 Å². The molecule has 1 amide bonds. The second-order valence-corrected chi connectivity index (χ2v) is 6.33. The maximum atomic E-state index is 12.4. The zero-order valence-electron chi connectivity index (χ0n) is 12.8. The lowest BCUT2D eigenvalue weighted by Gasteiger charge is -2.27. The monoisotopic (exact) mass is 305 g/mol. The summed E-state index contributed by atoms with van der Waals surface area (Å²) in [7, 11) is 1.83. The Morgan fingerprint density at radius 2 is 2.14 bits per heavy atom. The van der Waals surface area contributed by atoms with Gasteiger partial charge >= 0.3 is 0 Å². The summed E-state index contributed by atoms with van der Waals surface area (Å²) in [4.78, 5) is 17.4. The van der Waals surface area contributed by atoms with Gasteiger partial charge in [0.1, 0.15) is 0 Å². The first-order valence-electron chi connectivity index (χ1n) is 7.10. The molecule has 0 aliphatic rings. The predicted molar refractivity (Wildman–Crippen MR) is 90.6 cm³/mol. The van der Waals surface area contributed by atoms with Crippen LogP contribution >= 0.6 is 11.8 Å². The van der Waals surface area contributed by atoms with Crippen LogP contribution in [0.2, 0.25) is 0 Å². The molecule has 0 fully saturated rings. The van der Waals surface area contributed by atoms with Crippen LogP contribution in [-0.4, -0.2) is 46.9 Å². The van der Waals surface area contributed by atoms with Gasteiger partial charge in [-0.15, -0.1) is 0 Å². The van der Waals surface area contributed by atoms with E-state index in [-0.39, 0.29) is 11.9 Å². The normalized spacial score (nSPS) is 14.1. The number of nitrogens with two attached hydrogens (primary N) is 1. The highest BCUT2D eigenvalue weighted by molar-refractivity contribution is 7.98. The number of amides is 1. The summed E-state index contributed by atoms with van der Waals surface area (Å²) >= 11 is 1.73. The third-order valence-electron chi connectivity index (χ3n) is 3.85. The van der Waals surface area contributed by atoms with E-state index in [9.17, 15) is 4.79 Å². The van der Waals surface area contributed by atoms with Crippen LogP contribution in [-0.2, 0) is 11.2 Å². The topological polar surface area (TPSA) is 62.1 Å². The number of rotatable bonds is 6. The van der Waals surface area contributed by atoms with Crippen molar-refractivity contribution in [2.24, 2.45) is 5.73 Å². The Bertz CT molecular complexity index is 610. The number of nitrogens with zero attached hydrogens (tertiary/aromatic N) is 1. The van der Waals surface area contributed by atoms with Crippen LogP contribution in [0.4, 0.5) is 0 Å². The fraction of sp³-hybridized carbons (Fsp3) is 0.438. The molecule has 114 valence electrons. The van der Waals surface area contributed by atoms with Crippen molar-refractivity contribution >= 4 is 28.6 Å². The van der Waals surface area contributed by atoms with Crippen LogP contribution in [0.3, 0.4) is 0 Å². The van der Waals surface area contributed by atoms with Gasteiger partial charge in [-0.1, -0.05) is 18.2 Å². The lowest BCUT2D eigenvalue weighted by Crippen LogP contribution is -2.47. The van der Waals surface area contributed by atoms with E-state index >= 15 is 0 Å². The molecule has 4 nitrogen and oxygen atoms in total. The number of thioether (sulfide) groups is 1. The highest BCUT2D eigenvalue weighted by Gasteiger charge is 2.22. The minimum atomic E-state index is -0.501. The maximum absolute atomic E-state index is 12.4. The Morgan fingerprint density at radius 1 is 1.43 bits per heavy atom. The van der Waals surface area contributed by atoms with E-state index in [4.69, 9.17) is 5.73 Å². The molecule has 2 unspecified atom stereocenters. The molecule has 0 saturated carbocycles. The molecule has 0 spiro atoms. The fourth-order valence-electron chi connectivity index (χ4n) is 2.46. The number of likely N-dealkylation sites (N-methyl/N-ethyl adjacent to an activating group) is 1. The molecule has 1 heterocycles. The molecule has 2 rings (SSSR count). The van der Waals surface area contributed by atoms with Crippen molar-refractivity contribution in [2.75, 3.05) is 19.1 Å². The van der Waals surface area contributed by atoms with E-state index in [1.165, 1.54) is 0 Å². The molecule has 0 saturated heterocycles. The van der Waals surface area contributed by atoms with Crippen LogP contribution in [0.15, 0.2) is 30.5 Å². The van der Waals surface area contributed by atoms with Crippen molar-refractivity contribution < 1.29 is 4.79 Å². The van der Waals surface area contributed by atoms with E-state index in [1.54, 1.807) is 16.7 Å². The fourth-order valence-corrected chi connectivity index (χ4v) is 3.16. The number of carbonyl (C=O) groups is 1. The highest BCUT2D eigenvalue weighted by Crippen LogP contribution is 2.19. The van der Waals surface area contributed by atoms with Gasteiger partial charge in [-0.25, -0.2) is 0 Å². The first kappa shape index (κ1) is 15.9. The van der Waals surface area contributed by atoms with Gasteiger partial charge in [0.05, 0.1) is 6.04 Å². The second-order valence-electron chi connectivity index (χ2n) is 5.42. The Balaban J connectivity index is 2.07. The van der Waals surface area contributed by atoms with Gasteiger partial charge in [0.15, 0.2) is 0 Å². The summed E-state index contributed by atoms with van der Waals surface area (Å²) in [6.45, 7) is 2.05. The van der Waals surface area contributed by atoms with Gasteiger partial charge in [0.2, 0.25) is 5.91 Å². The first-order chi connectivity index (χ1) is 10.0. The van der Waals surface area contributed by atoms with Crippen LogP contribution in [0.5, 0.6) is 0 Å². The van der Waals surface area contributed by atoms with E-state index in [0.717, 1.165) is 22.2 Å². The van der Waals surface area contributed by atoms with E-state index in [2.05, 4.69) is 11.1 Å². The second kappa shape index (κ2) is 7.00. The van der Waals surface area contributed by atoms with Gasteiger partial charge in [-0.05, 0) is 31.2 Å². The summed E-state index contributed by atoms with van der Waals surface area (Å²) in [6, 6.07) is 7.77. The Hall–Kier alpha value is -1.46. The highest BCUT2D eigenvalue weighted by atomic mass is 32.2. The number of aromatic nitrogens is 1. The van der Waals surface area contributed by atoms with Crippen LogP contribution in [0, 0.1) is 0 Å². The summed E-state index contributed by atoms with van der Waals surface area (Å²) in [6.07, 6.45) is 4.54. The maximum Gasteiger partial charge on any atom is 0.239 e. The molecule has 1 aromatic heterocycles. The molecule has 0 radical (unpaired) electrons. The molecule has 21 heavy (non-hydrogen) atoms. The molecule has 2 aromatic rings. The Kier molecular flexibility index (Phi) is 5.31. The van der Waals surface area contributed by atoms with Crippen LogP contribution < -0.4 is 5.73 Å². The summed E-state index contributed by atoms with van der Waals surface area (Å²) in [5, 5.41) is 1.14. The standard InChI is InChI=1S/C16H23N3OS/c1-11(10-21-3)19(2)16(20)14(17)8-12-9-18-15-7-5-4-6-13(12)15/h4-7,9,11,14,18H,8,10,17H2,1-3H3. The largest absolute Gasteiger partial charge is 0.361 e. The zero-order chi connectivity index (χ0) is 15.4. The number of para-hydroxylation sites is 1. The third kappa shape index (κ3) is 3.60. The van der Waals surface area contributed by atoms with Gasteiger partial charge in [0, 0.05) is 35.9 Å². The number of H-pyrrole nitrogens is 1. The SMILES string of the molecule is CSCC(C)N(C)C(=O)C(N)Cc1c[nH]c2ccccc12. The third-order valence-corrected chi connectivity index (χ3v) is 4.66. The minimum Gasteiger partial charge on any atom is -0.361 e. The van der Waals surface area contributed by atoms with Crippen molar-refractivity contribution in [1.82, 2.24) is 9.88 Å². The Morgan fingerprint density at radius 3 is 2.86 bits per heavy atom. The molecule has 0 bridgehead atoms. The van der Waals surface area contributed by atoms with Crippen LogP contribution in [0.1, 0.15) is 12.5 Å². The number of hydrogen-bond acceptors (Lipinski definition) is 3. The van der Waals surface area contributed by atoms with Gasteiger partial charge in [0.25, 0.3) is 0 Å². The summed E-state index contributed by atoms with van der Waals surface area (Å²) < 4.78 is 0. The number of fused-ring (bicyclic) bond motifs is 1. The van der Waals surface area contributed by atoms with Crippen molar-refractivity contribution in [3.05, 3.63) is 36.0 Å². The van der Waals surface area contributed by atoms with Gasteiger partial charge in [-0.3, -0.25) is 4.79 Å². The molecular weight excluding hydrogens is 282 g/mol. The molecule has 0 aliphatic carbocycles. The van der Waals surface area contributed by atoms with E-state index in [1.807, 2.05) is 44.6 Å². The van der Waals surface area contributed by atoms with Crippen LogP contribution in [0.25, 0.3) is 10.9 Å². The number of nitrogens with one attached hydrogen (secondary N) is 1. The number of hydrogen-bond donors (Lipinski definition) is 2. The lowest BCUT2D eigenvalue weighted by molar-refractivity contribution is -0.132. The quantitative estimate of drug-likeness (QED) is 0.860. The van der Waals surface area contributed by atoms with Gasteiger partial charge < -0.3 is 15.6 Å². The molecule has 5 heteroatoms. The smallest absolute Gasteiger partial charge is 0.239 e. The van der Waals surface area contributed by atoms with Crippen molar-refractivity contribution in [2.45, 2.75) is 25.4 Å². The first-order valence-corrected chi connectivity index (χ1v) is 8.50. The van der Waals surface area contributed by atoms with E-state index < -0.39 is 6.04 Å². The number of benzene rings is 1. The molecular formula is C16H23N3OS. The molecule has 3 N–H and O–H groups in total. The predicted octanol–water partition coefficient (Wildman–Crippen LogP) is 2.25. The van der Waals surface area contributed by atoms with Crippen molar-refractivity contribution in [3.8, 4) is 0 Å². The molecule has 2 atom stereocenters. The average molecular weight is 305 g/mol. The van der Waals surface area contributed by atoms with Crippen molar-refractivity contribution in [3.63, 3.8) is 0 Å². The van der Waals surface area contributed by atoms with E-state index in [0.29, 0.717) is 6.42 Å². The minimum absolute atomic E-state index is 0.00170. The summed E-state index contributed by atoms with van der Waals surface area (Å²) in [5.74, 6) is 0.920. The number of aromatic amines is 1. The Labute approximate surface area is 130 Å². The summed E-state index contributed by atoms with van der Waals surface area (Å²) in [5.41, 5.74) is 8.30.